The van der Waals surface area contributed by atoms with Crippen molar-refractivity contribution in [1.82, 2.24) is 19.9 Å². The predicted octanol–water partition coefficient (Wildman–Crippen LogP) is 3.86. The maximum absolute atomic E-state index is 14.2. The molecule has 2 aromatic heterocycles. The number of methoxy groups -OCH3 is 1. The number of benzene rings is 1. The standard InChI is InChI=1S/C25H30F2N6O3/c1-15(30-17-12-19(25(2,26)27)23(35-5)29-13-17)18-10-16(24(34)32(3)4)11-20-22(18)31-21(14-28-20)33-6-8-36-9-7-33/h10-15,30H,6-9H2,1-5H3. The number of halogens is 2. The molecule has 192 valence electrons. The van der Waals surface area contributed by atoms with E-state index in [-0.39, 0.29) is 17.4 Å². The smallest absolute Gasteiger partial charge is 0.275 e. The van der Waals surface area contributed by atoms with E-state index in [9.17, 15) is 13.6 Å². The molecule has 1 fully saturated rings. The fourth-order valence-electron chi connectivity index (χ4n) is 4.12. The summed E-state index contributed by atoms with van der Waals surface area (Å²) in [5, 5.41) is 3.23. The molecule has 0 saturated carbocycles. The third-order valence-corrected chi connectivity index (χ3v) is 6.02. The molecule has 3 heterocycles. The summed E-state index contributed by atoms with van der Waals surface area (Å²) in [4.78, 5) is 29.9. The number of carbonyl (C=O) groups is 1. The fraction of sp³-hybridized carbons (Fsp3) is 0.440. The van der Waals surface area contributed by atoms with Crippen LogP contribution in [0.4, 0.5) is 20.3 Å². The number of hydrogen-bond donors (Lipinski definition) is 1. The zero-order valence-corrected chi connectivity index (χ0v) is 21.0. The number of alkyl halides is 2. The number of nitrogens with zero attached hydrogens (tertiary/aromatic N) is 5. The molecule has 3 aromatic rings. The first-order valence-electron chi connectivity index (χ1n) is 11.6. The monoisotopic (exact) mass is 500 g/mol. The number of ether oxygens (including phenoxy) is 2. The molecule has 1 aromatic carbocycles. The van der Waals surface area contributed by atoms with E-state index in [1.807, 2.05) is 6.92 Å². The maximum atomic E-state index is 14.2. The van der Waals surface area contributed by atoms with Crippen molar-refractivity contribution in [1.29, 1.82) is 0 Å². The summed E-state index contributed by atoms with van der Waals surface area (Å²) in [6, 6.07) is 4.40. The minimum Gasteiger partial charge on any atom is -0.481 e. The molecule has 1 amide bonds. The predicted molar refractivity (Wildman–Crippen MR) is 133 cm³/mol. The lowest BCUT2D eigenvalue weighted by atomic mass is 10.0. The molecule has 4 rings (SSSR count). The van der Waals surface area contributed by atoms with Crippen molar-refractivity contribution in [3.63, 3.8) is 0 Å². The van der Waals surface area contributed by atoms with Crippen LogP contribution in [0.25, 0.3) is 11.0 Å². The number of nitrogens with one attached hydrogen (secondary N) is 1. The molecule has 0 bridgehead atoms. The van der Waals surface area contributed by atoms with Gasteiger partial charge in [0.2, 0.25) is 5.88 Å². The van der Waals surface area contributed by atoms with Gasteiger partial charge in [-0.2, -0.15) is 0 Å². The number of morpholine rings is 1. The Morgan fingerprint density at radius 2 is 1.92 bits per heavy atom. The van der Waals surface area contributed by atoms with Crippen LogP contribution in [-0.2, 0) is 10.7 Å². The van der Waals surface area contributed by atoms with Crippen LogP contribution in [-0.4, -0.2) is 73.3 Å². The average molecular weight is 501 g/mol. The summed E-state index contributed by atoms with van der Waals surface area (Å²) >= 11 is 0. The van der Waals surface area contributed by atoms with Gasteiger partial charge < -0.3 is 24.6 Å². The minimum atomic E-state index is -3.14. The molecule has 9 nitrogen and oxygen atoms in total. The van der Waals surface area contributed by atoms with E-state index in [0.717, 1.165) is 6.92 Å². The highest BCUT2D eigenvalue weighted by molar-refractivity contribution is 5.98. The van der Waals surface area contributed by atoms with Gasteiger partial charge in [0, 0.05) is 45.2 Å². The van der Waals surface area contributed by atoms with Crippen LogP contribution in [0, 0.1) is 0 Å². The van der Waals surface area contributed by atoms with Gasteiger partial charge >= 0.3 is 0 Å². The Bertz CT molecular complexity index is 1260. The van der Waals surface area contributed by atoms with E-state index < -0.39 is 12.0 Å². The van der Waals surface area contributed by atoms with Gasteiger partial charge in [0.1, 0.15) is 5.82 Å². The summed E-state index contributed by atoms with van der Waals surface area (Å²) in [6.07, 6.45) is 3.13. The molecule has 0 aliphatic carbocycles. The number of amides is 1. The quantitative estimate of drug-likeness (QED) is 0.523. The van der Waals surface area contributed by atoms with E-state index in [4.69, 9.17) is 14.5 Å². The van der Waals surface area contributed by atoms with Gasteiger partial charge in [-0.05, 0) is 25.1 Å². The number of fused-ring (bicyclic) bond motifs is 1. The van der Waals surface area contributed by atoms with Crippen LogP contribution in [0.1, 0.15) is 41.4 Å². The van der Waals surface area contributed by atoms with Gasteiger partial charge in [0.05, 0.1) is 61.0 Å². The fourth-order valence-corrected chi connectivity index (χ4v) is 4.12. The molecule has 1 aliphatic heterocycles. The Labute approximate surface area is 208 Å². The second-order valence-electron chi connectivity index (χ2n) is 9.00. The Hall–Kier alpha value is -3.60. The lowest BCUT2D eigenvalue weighted by Gasteiger charge is -2.28. The Morgan fingerprint density at radius 3 is 2.56 bits per heavy atom. The number of aromatic nitrogens is 3. The lowest BCUT2D eigenvalue weighted by molar-refractivity contribution is 0.0145. The van der Waals surface area contributed by atoms with Crippen LogP contribution in [0.5, 0.6) is 5.88 Å². The van der Waals surface area contributed by atoms with E-state index in [0.29, 0.717) is 60.0 Å². The molecule has 0 spiro atoms. The minimum absolute atomic E-state index is 0.134. The van der Waals surface area contributed by atoms with Gasteiger partial charge in [-0.15, -0.1) is 0 Å². The largest absolute Gasteiger partial charge is 0.481 e. The Morgan fingerprint density at radius 1 is 1.19 bits per heavy atom. The van der Waals surface area contributed by atoms with Crippen molar-refractivity contribution in [2.24, 2.45) is 0 Å². The maximum Gasteiger partial charge on any atom is 0.275 e. The Balaban J connectivity index is 1.77. The topological polar surface area (TPSA) is 92.7 Å². The number of carbonyl (C=O) groups excluding carboxylic acids is 1. The summed E-state index contributed by atoms with van der Waals surface area (Å²) in [6.45, 7) is 5.28. The van der Waals surface area contributed by atoms with Gasteiger partial charge in [0.25, 0.3) is 11.8 Å². The molecule has 1 aliphatic rings. The van der Waals surface area contributed by atoms with E-state index >= 15 is 0 Å². The number of hydrogen-bond acceptors (Lipinski definition) is 8. The van der Waals surface area contributed by atoms with Crippen molar-refractivity contribution in [3.05, 3.63) is 47.3 Å². The lowest BCUT2D eigenvalue weighted by Crippen LogP contribution is -2.36. The summed E-state index contributed by atoms with van der Waals surface area (Å²) in [5.74, 6) is -2.73. The molecule has 1 N–H and O–H groups in total. The third-order valence-electron chi connectivity index (χ3n) is 6.02. The molecule has 1 unspecified atom stereocenters. The van der Waals surface area contributed by atoms with E-state index in [2.05, 4.69) is 20.2 Å². The number of pyridine rings is 1. The van der Waals surface area contributed by atoms with Gasteiger partial charge in [-0.1, -0.05) is 0 Å². The van der Waals surface area contributed by atoms with E-state index in [1.165, 1.54) is 24.3 Å². The van der Waals surface area contributed by atoms with Crippen molar-refractivity contribution >= 4 is 28.4 Å². The van der Waals surface area contributed by atoms with Crippen molar-refractivity contribution in [2.45, 2.75) is 25.8 Å². The van der Waals surface area contributed by atoms with Crippen LogP contribution < -0.4 is 15.0 Å². The highest BCUT2D eigenvalue weighted by atomic mass is 19.3. The highest BCUT2D eigenvalue weighted by Gasteiger charge is 2.30. The van der Waals surface area contributed by atoms with Gasteiger partial charge in [-0.3, -0.25) is 9.78 Å². The first-order valence-corrected chi connectivity index (χ1v) is 11.6. The van der Waals surface area contributed by atoms with Crippen LogP contribution in [0.15, 0.2) is 30.6 Å². The first-order chi connectivity index (χ1) is 17.1. The first kappa shape index (κ1) is 25.5. The summed E-state index contributed by atoms with van der Waals surface area (Å²) < 4.78 is 38.8. The molecule has 36 heavy (non-hydrogen) atoms. The summed E-state index contributed by atoms with van der Waals surface area (Å²) in [5.41, 5.74) is 2.42. The van der Waals surface area contributed by atoms with E-state index in [1.54, 1.807) is 32.4 Å². The number of rotatable bonds is 7. The van der Waals surface area contributed by atoms with Gasteiger partial charge in [-0.25, -0.2) is 18.7 Å². The van der Waals surface area contributed by atoms with Crippen molar-refractivity contribution in [3.8, 4) is 5.88 Å². The highest BCUT2D eigenvalue weighted by Crippen LogP contribution is 2.36. The Kier molecular flexibility index (Phi) is 7.21. The molecular weight excluding hydrogens is 470 g/mol. The average Bonchev–Trinajstić information content (AvgIpc) is 2.87. The van der Waals surface area contributed by atoms with Crippen LogP contribution in [0.3, 0.4) is 0 Å². The zero-order valence-electron chi connectivity index (χ0n) is 21.0. The van der Waals surface area contributed by atoms with Crippen molar-refractivity contribution < 1.29 is 23.0 Å². The normalized spacial score (nSPS) is 15.0. The molecule has 11 heteroatoms. The molecule has 0 radical (unpaired) electrons. The summed E-state index contributed by atoms with van der Waals surface area (Å²) in [7, 11) is 4.66. The second kappa shape index (κ2) is 10.2. The number of anilines is 2. The van der Waals surface area contributed by atoms with Crippen LogP contribution >= 0.6 is 0 Å². The third kappa shape index (κ3) is 5.30. The van der Waals surface area contributed by atoms with Crippen LogP contribution in [0.2, 0.25) is 0 Å². The zero-order chi connectivity index (χ0) is 26.0. The van der Waals surface area contributed by atoms with Gasteiger partial charge in [0.15, 0.2) is 0 Å². The SMILES string of the molecule is COc1ncc(NC(C)c2cc(C(=O)N(C)C)cc3ncc(N4CCOCC4)nc23)cc1C(C)(F)F. The second-order valence-corrected chi connectivity index (χ2v) is 9.00. The van der Waals surface area contributed by atoms with Crippen molar-refractivity contribution in [2.75, 3.05) is 57.7 Å². The molecule has 1 saturated heterocycles. The molecule has 1 atom stereocenters. The molecular formula is C25H30F2N6O3.